The van der Waals surface area contributed by atoms with Crippen molar-refractivity contribution in [3.63, 3.8) is 0 Å². The van der Waals surface area contributed by atoms with Crippen LogP contribution in [-0.2, 0) is 11.2 Å². The molecule has 0 saturated carbocycles. The molecule has 3 aromatic carbocycles. The molecule has 39 heavy (non-hydrogen) atoms. The summed E-state index contributed by atoms with van der Waals surface area (Å²) in [6, 6.07) is 16.6. The number of hydrogen-bond donors (Lipinski definition) is 4. The van der Waals surface area contributed by atoms with E-state index in [2.05, 4.69) is 16.0 Å². The number of para-hydroxylation sites is 1. The van der Waals surface area contributed by atoms with Gasteiger partial charge in [-0.25, -0.2) is 9.59 Å². The molecule has 204 valence electrons. The summed E-state index contributed by atoms with van der Waals surface area (Å²) in [5.74, 6) is -0.830. The Bertz CT molecular complexity index is 1360. The molecule has 0 bridgehead atoms. The molecule has 0 spiro atoms. The molecule has 4 rings (SSSR count). The highest BCUT2D eigenvalue weighted by Gasteiger charge is 2.47. The Balaban J connectivity index is 1.50. The van der Waals surface area contributed by atoms with Crippen molar-refractivity contribution in [1.29, 1.82) is 0 Å². The summed E-state index contributed by atoms with van der Waals surface area (Å²) >= 11 is 13.0. The topological polar surface area (TPSA) is 126 Å². The Morgan fingerprint density at radius 1 is 1.05 bits per heavy atom. The molecule has 2 unspecified atom stereocenters. The number of halogens is 2. The number of Topliss-reactive ketones (excluding diaryl/α,β-unsaturated/α-hetero) is 1. The number of ketones is 1. The van der Waals surface area contributed by atoms with Crippen molar-refractivity contribution in [3.05, 3.63) is 82.9 Å². The summed E-state index contributed by atoms with van der Waals surface area (Å²) in [7, 11) is 1.45. The first kappa shape index (κ1) is 28.2. The number of carbonyl (C=O) groups is 3. The maximum atomic E-state index is 13.6. The van der Waals surface area contributed by atoms with Gasteiger partial charge in [0, 0.05) is 6.42 Å². The minimum absolute atomic E-state index is 0.0721. The highest BCUT2D eigenvalue weighted by molar-refractivity contribution is 6.35. The molecule has 2 atom stereocenters. The van der Waals surface area contributed by atoms with Gasteiger partial charge < -0.3 is 30.5 Å². The first-order valence-electron chi connectivity index (χ1n) is 12.2. The van der Waals surface area contributed by atoms with E-state index in [0.29, 0.717) is 40.7 Å². The van der Waals surface area contributed by atoms with Crippen LogP contribution in [0.5, 0.6) is 11.5 Å². The Labute approximate surface area is 235 Å². The number of carboxylic acids is 1. The third kappa shape index (κ3) is 6.81. The van der Waals surface area contributed by atoms with Crippen LogP contribution in [0.25, 0.3) is 0 Å². The summed E-state index contributed by atoms with van der Waals surface area (Å²) in [4.78, 5) is 37.3. The van der Waals surface area contributed by atoms with Gasteiger partial charge >= 0.3 is 12.0 Å². The number of alkyl halides is 1. The monoisotopic (exact) mass is 571 g/mol. The second-order valence-corrected chi connectivity index (χ2v) is 9.89. The number of urea groups is 1. The number of ether oxygens (including phenoxy) is 2. The van der Waals surface area contributed by atoms with Crippen LogP contribution in [-0.4, -0.2) is 47.6 Å². The third-order valence-corrected chi connectivity index (χ3v) is 7.14. The third-order valence-electron chi connectivity index (χ3n) is 6.26. The second-order valence-electron chi connectivity index (χ2n) is 8.92. The minimum Gasteiger partial charge on any atom is -0.495 e. The predicted molar refractivity (Wildman–Crippen MR) is 149 cm³/mol. The summed E-state index contributed by atoms with van der Waals surface area (Å²) in [6.45, 7) is 0.693. The number of anilines is 2. The normalized spacial score (nSPS) is 16.1. The number of nitrogens with one attached hydrogen (secondary N) is 3. The van der Waals surface area contributed by atoms with E-state index in [0.717, 1.165) is 6.42 Å². The van der Waals surface area contributed by atoms with Crippen LogP contribution in [0.15, 0.2) is 66.7 Å². The molecule has 9 nitrogen and oxygen atoms in total. The lowest BCUT2D eigenvalue weighted by molar-refractivity contribution is -0.129. The van der Waals surface area contributed by atoms with Crippen molar-refractivity contribution >= 4 is 52.4 Å². The van der Waals surface area contributed by atoms with Gasteiger partial charge in [-0.05, 0) is 73.5 Å². The first-order valence-corrected chi connectivity index (χ1v) is 12.9. The lowest BCUT2D eigenvalue weighted by Crippen LogP contribution is -2.54. The van der Waals surface area contributed by atoms with Gasteiger partial charge in [-0.2, -0.15) is 0 Å². The number of carboxylic acid groups (broad SMARTS) is 1. The smallest absolute Gasteiger partial charge is 0.335 e. The Morgan fingerprint density at radius 2 is 1.77 bits per heavy atom. The van der Waals surface area contributed by atoms with Gasteiger partial charge in [0.2, 0.25) is 0 Å². The van der Waals surface area contributed by atoms with E-state index in [1.807, 2.05) is 0 Å². The number of methoxy groups -OCH3 is 1. The maximum absolute atomic E-state index is 13.6. The van der Waals surface area contributed by atoms with E-state index < -0.39 is 23.1 Å². The summed E-state index contributed by atoms with van der Waals surface area (Å²) in [5, 5.41) is 16.4. The quantitative estimate of drug-likeness (QED) is 0.234. The molecule has 4 N–H and O–H groups in total. The van der Waals surface area contributed by atoms with Crippen LogP contribution in [0.4, 0.5) is 16.2 Å². The molecule has 1 aliphatic rings. The molecule has 0 aromatic heterocycles. The lowest BCUT2D eigenvalue weighted by Gasteiger charge is -2.32. The highest BCUT2D eigenvalue weighted by Crippen LogP contribution is 2.34. The Kier molecular flexibility index (Phi) is 8.96. The van der Waals surface area contributed by atoms with E-state index in [-0.39, 0.29) is 23.5 Å². The van der Waals surface area contributed by atoms with Crippen molar-refractivity contribution < 1.29 is 29.0 Å². The average molecular weight is 572 g/mol. The zero-order valence-corrected chi connectivity index (χ0v) is 22.5. The van der Waals surface area contributed by atoms with Crippen LogP contribution in [0.2, 0.25) is 5.02 Å². The van der Waals surface area contributed by atoms with Gasteiger partial charge in [0.25, 0.3) is 5.06 Å². The van der Waals surface area contributed by atoms with Gasteiger partial charge in [-0.1, -0.05) is 41.4 Å². The Morgan fingerprint density at radius 3 is 2.41 bits per heavy atom. The fourth-order valence-corrected chi connectivity index (χ4v) is 4.78. The molecular weight excluding hydrogens is 545 g/mol. The van der Waals surface area contributed by atoms with Gasteiger partial charge in [0.1, 0.15) is 11.5 Å². The van der Waals surface area contributed by atoms with Crippen LogP contribution in [0.3, 0.4) is 0 Å². The number of benzene rings is 3. The predicted octanol–water partition coefficient (Wildman–Crippen LogP) is 5.57. The fraction of sp³-hybridized carbons (Fsp3) is 0.250. The van der Waals surface area contributed by atoms with Crippen LogP contribution in [0, 0.1) is 0 Å². The lowest BCUT2D eigenvalue weighted by atomic mass is 9.98. The molecule has 2 amide bonds. The van der Waals surface area contributed by atoms with Crippen LogP contribution in [0.1, 0.15) is 28.8 Å². The molecule has 1 saturated heterocycles. The first-order chi connectivity index (χ1) is 18.7. The number of aromatic carboxylic acids is 1. The summed E-state index contributed by atoms with van der Waals surface area (Å²) < 4.78 is 11.5. The average Bonchev–Trinajstić information content (AvgIpc) is 3.47. The fourth-order valence-electron chi connectivity index (χ4n) is 4.25. The SMILES string of the molecule is COc1cc(CC(=O)C(Cl)(Oc2ccc(C(=O)O)cc2)C2CCCN2)ccc1NC(=O)Nc1ccccc1Cl. The van der Waals surface area contributed by atoms with E-state index in [1.165, 1.54) is 31.4 Å². The second kappa shape index (κ2) is 12.4. The number of carbonyl (C=O) groups excluding carboxylic acids is 2. The molecular formula is C28H27Cl2N3O6. The number of hydrogen-bond acceptors (Lipinski definition) is 6. The molecule has 0 radical (unpaired) electrons. The molecule has 11 heteroatoms. The summed E-state index contributed by atoms with van der Waals surface area (Å²) in [5.41, 5.74) is 1.54. The van der Waals surface area contributed by atoms with Crippen molar-refractivity contribution in [2.75, 3.05) is 24.3 Å². The van der Waals surface area contributed by atoms with Gasteiger partial charge in [-0.3, -0.25) is 4.79 Å². The van der Waals surface area contributed by atoms with Crippen molar-refractivity contribution in [2.24, 2.45) is 0 Å². The number of amides is 2. The van der Waals surface area contributed by atoms with Crippen LogP contribution < -0.4 is 25.4 Å². The Hall–Kier alpha value is -3.79. The molecule has 0 aliphatic carbocycles. The molecule has 1 heterocycles. The van der Waals surface area contributed by atoms with E-state index in [9.17, 15) is 14.4 Å². The summed E-state index contributed by atoms with van der Waals surface area (Å²) in [6.07, 6.45) is 1.39. The van der Waals surface area contributed by atoms with E-state index >= 15 is 0 Å². The highest BCUT2D eigenvalue weighted by atomic mass is 35.5. The van der Waals surface area contributed by atoms with Gasteiger partial charge in [0.05, 0.1) is 35.1 Å². The van der Waals surface area contributed by atoms with Crippen molar-refractivity contribution in [1.82, 2.24) is 5.32 Å². The van der Waals surface area contributed by atoms with Gasteiger partial charge in [-0.15, -0.1) is 0 Å². The van der Waals surface area contributed by atoms with Crippen molar-refractivity contribution in [3.8, 4) is 11.5 Å². The zero-order valence-electron chi connectivity index (χ0n) is 21.0. The number of rotatable bonds is 10. The zero-order chi connectivity index (χ0) is 28.0. The van der Waals surface area contributed by atoms with Gasteiger partial charge in [0.15, 0.2) is 5.78 Å². The molecule has 3 aromatic rings. The minimum atomic E-state index is -1.72. The molecule has 1 fully saturated rings. The van der Waals surface area contributed by atoms with E-state index in [1.54, 1.807) is 42.5 Å². The largest absolute Gasteiger partial charge is 0.495 e. The van der Waals surface area contributed by atoms with E-state index in [4.69, 9.17) is 37.8 Å². The molecule has 1 aliphatic heterocycles. The maximum Gasteiger partial charge on any atom is 0.335 e. The van der Waals surface area contributed by atoms with Crippen molar-refractivity contribution in [2.45, 2.75) is 30.4 Å². The standard InChI is InChI=1S/C28H27Cl2N3O6/c1-38-23-15-17(8-13-22(23)33-27(37)32-21-6-3-2-5-20(21)29)16-25(34)28(30,24-7-4-14-31-24)39-19-11-9-18(10-12-19)26(35)36/h2-3,5-6,8-13,15,24,31H,4,7,14,16H2,1H3,(H,35,36)(H2,32,33,37). The van der Waals surface area contributed by atoms with Crippen LogP contribution >= 0.6 is 23.2 Å².